The Labute approximate surface area is 174 Å². The maximum absolute atomic E-state index is 12.8. The SMILES string of the molecule is O=C(c1ccc(Oc2ccccn2)cc1)N1CCC(Oc2ccc(Cl)cc2)CC1. The highest BCUT2D eigenvalue weighted by Crippen LogP contribution is 2.23. The fraction of sp³-hybridized carbons (Fsp3) is 0.217. The average molecular weight is 409 g/mol. The molecule has 4 rings (SSSR count). The largest absolute Gasteiger partial charge is 0.490 e. The summed E-state index contributed by atoms with van der Waals surface area (Å²) in [7, 11) is 0. The normalized spacial score (nSPS) is 14.4. The minimum Gasteiger partial charge on any atom is -0.490 e. The number of halogens is 1. The summed E-state index contributed by atoms with van der Waals surface area (Å²) in [6, 6.07) is 20.0. The summed E-state index contributed by atoms with van der Waals surface area (Å²) in [6.45, 7) is 1.34. The first-order valence-corrected chi connectivity index (χ1v) is 9.95. The van der Waals surface area contributed by atoms with Crippen molar-refractivity contribution in [3.63, 3.8) is 0 Å². The number of carbonyl (C=O) groups excluding carboxylic acids is 1. The Hall–Kier alpha value is -3.05. The summed E-state index contributed by atoms with van der Waals surface area (Å²) >= 11 is 5.91. The summed E-state index contributed by atoms with van der Waals surface area (Å²) in [5.41, 5.74) is 0.649. The number of hydrogen-bond donors (Lipinski definition) is 0. The van der Waals surface area contributed by atoms with Gasteiger partial charge >= 0.3 is 0 Å². The molecule has 29 heavy (non-hydrogen) atoms. The number of amides is 1. The molecule has 1 fully saturated rings. The lowest BCUT2D eigenvalue weighted by molar-refractivity contribution is 0.0595. The number of pyridine rings is 1. The van der Waals surface area contributed by atoms with Crippen LogP contribution in [-0.4, -0.2) is 35.0 Å². The van der Waals surface area contributed by atoms with E-state index in [2.05, 4.69) is 4.98 Å². The smallest absolute Gasteiger partial charge is 0.253 e. The monoisotopic (exact) mass is 408 g/mol. The molecule has 0 unspecified atom stereocenters. The molecule has 1 aliphatic heterocycles. The lowest BCUT2D eigenvalue weighted by atomic mass is 10.1. The molecule has 6 heteroatoms. The highest BCUT2D eigenvalue weighted by Gasteiger charge is 2.24. The van der Waals surface area contributed by atoms with Crippen LogP contribution in [0.2, 0.25) is 5.02 Å². The first-order valence-electron chi connectivity index (χ1n) is 9.58. The molecule has 0 spiro atoms. The molecule has 0 atom stereocenters. The molecular weight excluding hydrogens is 388 g/mol. The molecule has 1 aromatic heterocycles. The zero-order valence-corrected chi connectivity index (χ0v) is 16.6. The second-order valence-corrected chi connectivity index (χ2v) is 7.29. The predicted octanol–water partition coefficient (Wildman–Crippen LogP) is 5.21. The van der Waals surface area contributed by atoms with Crippen LogP contribution in [0.3, 0.4) is 0 Å². The third kappa shape index (κ3) is 5.06. The van der Waals surface area contributed by atoms with Crippen molar-refractivity contribution >= 4 is 17.5 Å². The summed E-state index contributed by atoms with van der Waals surface area (Å²) < 4.78 is 11.7. The van der Waals surface area contributed by atoms with E-state index in [1.54, 1.807) is 36.5 Å². The van der Waals surface area contributed by atoms with Crippen LogP contribution in [0.15, 0.2) is 72.9 Å². The second kappa shape index (κ2) is 8.97. The molecule has 148 valence electrons. The Morgan fingerprint density at radius 3 is 2.28 bits per heavy atom. The lowest BCUT2D eigenvalue weighted by Gasteiger charge is -2.32. The van der Waals surface area contributed by atoms with Gasteiger partial charge in [-0.1, -0.05) is 17.7 Å². The van der Waals surface area contributed by atoms with Gasteiger partial charge in [0.1, 0.15) is 17.6 Å². The molecule has 2 aromatic carbocycles. The molecule has 0 aliphatic carbocycles. The third-order valence-corrected chi connectivity index (χ3v) is 5.06. The first-order chi connectivity index (χ1) is 14.2. The molecule has 1 aliphatic rings. The van der Waals surface area contributed by atoms with Gasteiger partial charge in [-0.3, -0.25) is 4.79 Å². The Morgan fingerprint density at radius 1 is 0.931 bits per heavy atom. The van der Waals surface area contributed by atoms with Crippen molar-refractivity contribution in [2.24, 2.45) is 0 Å². The minimum absolute atomic E-state index is 0.0272. The van der Waals surface area contributed by atoms with E-state index in [0.717, 1.165) is 18.6 Å². The molecule has 0 N–H and O–H groups in total. The average Bonchev–Trinajstić information content (AvgIpc) is 2.77. The number of hydrogen-bond acceptors (Lipinski definition) is 4. The van der Waals surface area contributed by atoms with Crippen molar-refractivity contribution < 1.29 is 14.3 Å². The first kappa shape index (κ1) is 19.3. The maximum Gasteiger partial charge on any atom is 0.253 e. The topological polar surface area (TPSA) is 51.7 Å². The van der Waals surface area contributed by atoms with Gasteiger partial charge in [0.05, 0.1) is 0 Å². The van der Waals surface area contributed by atoms with Crippen LogP contribution in [0.1, 0.15) is 23.2 Å². The van der Waals surface area contributed by atoms with Crippen LogP contribution in [0, 0.1) is 0 Å². The quantitative estimate of drug-likeness (QED) is 0.581. The molecule has 1 saturated heterocycles. The van der Waals surface area contributed by atoms with E-state index in [1.807, 2.05) is 41.3 Å². The van der Waals surface area contributed by atoms with Crippen LogP contribution < -0.4 is 9.47 Å². The van der Waals surface area contributed by atoms with Gasteiger partial charge in [0.15, 0.2) is 0 Å². The highest BCUT2D eigenvalue weighted by molar-refractivity contribution is 6.30. The van der Waals surface area contributed by atoms with Crippen LogP contribution in [0.5, 0.6) is 17.4 Å². The number of benzene rings is 2. The second-order valence-electron chi connectivity index (χ2n) is 6.86. The van der Waals surface area contributed by atoms with E-state index >= 15 is 0 Å². The van der Waals surface area contributed by atoms with E-state index in [4.69, 9.17) is 21.1 Å². The summed E-state index contributed by atoms with van der Waals surface area (Å²) in [5, 5.41) is 0.689. The standard InChI is InChI=1S/C23H21ClN2O3/c24-18-6-10-19(11-7-18)28-21-12-15-26(16-13-21)23(27)17-4-8-20(9-5-17)29-22-3-1-2-14-25-22/h1-11,14,21H,12-13,15-16H2. The van der Waals surface area contributed by atoms with Crippen LogP contribution in [-0.2, 0) is 0 Å². The molecule has 5 nitrogen and oxygen atoms in total. The molecule has 0 radical (unpaired) electrons. The van der Waals surface area contributed by atoms with Gasteiger partial charge in [0.25, 0.3) is 5.91 Å². The van der Waals surface area contributed by atoms with Gasteiger partial charge < -0.3 is 14.4 Å². The number of rotatable bonds is 5. The van der Waals surface area contributed by atoms with Crippen LogP contribution in [0.4, 0.5) is 0 Å². The maximum atomic E-state index is 12.8. The van der Waals surface area contributed by atoms with Crippen molar-refractivity contribution in [1.29, 1.82) is 0 Å². The number of nitrogens with zero attached hydrogens (tertiary/aromatic N) is 2. The number of piperidine rings is 1. The molecule has 0 saturated carbocycles. The summed E-state index contributed by atoms with van der Waals surface area (Å²) in [4.78, 5) is 18.8. The van der Waals surface area contributed by atoms with Crippen molar-refractivity contribution in [3.8, 4) is 17.4 Å². The summed E-state index contributed by atoms with van der Waals surface area (Å²) in [5.74, 6) is 2.01. The molecule has 1 amide bonds. The van der Waals surface area contributed by atoms with Crippen LogP contribution in [0.25, 0.3) is 0 Å². The Bertz CT molecular complexity index is 938. The predicted molar refractivity (Wildman–Crippen MR) is 112 cm³/mol. The Kier molecular flexibility index (Phi) is 5.96. The van der Waals surface area contributed by atoms with Gasteiger partial charge in [0, 0.05) is 48.8 Å². The Morgan fingerprint density at radius 2 is 1.62 bits per heavy atom. The zero-order chi connectivity index (χ0) is 20.1. The van der Waals surface area contributed by atoms with Crippen LogP contribution >= 0.6 is 11.6 Å². The number of ether oxygens (including phenoxy) is 2. The van der Waals surface area contributed by atoms with E-state index in [0.29, 0.717) is 35.3 Å². The third-order valence-electron chi connectivity index (χ3n) is 4.81. The van der Waals surface area contributed by atoms with Gasteiger partial charge in [-0.05, 0) is 54.6 Å². The van der Waals surface area contributed by atoms with Crippen molar-refractivity contribution in [3.05, 3.63) is 83.5 Å². The molecule has 0 bridgehead atoms. The number of aromatic nitrogens is 1. The number of likely N-dealkylation sites (tertiary alicyclic amines) is 1. The highest BCUT2D eigenvalue weighted by atomic mass is 35.5. The fourth-order valence-corrected chi connectivity index (χ4v) is 3.38. The Balaban J connectivity index is 1.30. The van der Waals surface area contributed by atoms with E-state index in [1.165, 1.54) is 0 Å². The van der Waals surface area contributed by atoms with Crippen molar-refractivity contribution in [2.45, 2.75) is 18.9 Å². The minimum atomic E-state index is 0.0272. The summed E-state index contributed by atoms with van der Waals surface area (Å²) in [6.07, 6.45) is 3.38. The van der Waals surface area contributed by atoms with E-state index < -0.39 is 0 Å². The molecule has 3 aromatic rings. The van der Waals surface area contributed by atoms with Gasteiger partial charge in [-0.15, -0.1) is 0 Å². The van der Waals surface area contributed by atoms with Gasteiger partial charge in [0.2, 0.25) is 5.88 Å². The zero-order valence-electron chi connectivity index (χ0n) is 15.8. The molecular formula is C23H21ClN2O3. The lowest BCUT2D eigenvalue weighted by Crippen LogP contribution is -2.41. The fourth-order valence-electron chi connectivity index (χ4n) is 3.26. The van der Waals surface area contributed by atoms with E-state index in [9.17, 15) is 4.79 Å². The van der Waals surface area contributed by atoms with Crippen molar-refractivity contribution in [1.82, 2.24) is 9.88 Å². The molecule has 2 heterocycles. The van der Waals surface area contributed by atoms with E-state index in [-0.39, 0.29) is 12.0 Å². The van der Waals surface area contributed by atoms with Gasteiger partial charge in [-0.25, -0.2) is 4.98 Å². The van der Waals surface area contributed by atoms with Crippen molar-refractivity contribution in [2.75, 3.05) is 13.1 Å². The van der Waals surface area contributed by atoms with Gasteiger partial charge in [-0.2, -0.15) is 0 Å². The number of carbonyl (C=O) groups is 1.